The molecule has 110 valence electrons. The van der Waals surface area contributed by atoms with E-state index in [0.29, 0.717) is 0 Å². The fourth-order valence-corrected chi connectivity index (χ4v) is 1.82. The van der Waals surface area contributed by atoms with E-state index < -0.39 is 17.7 Å². The summed E-state index contributed by atoms with van der Waals surface area (Å²) in [4.78, 5) is 12.2. The fourth-order valence-electron chi connectivity index (χ4n) is 1.72. The van der Waals surface area contributed by atoms with E-state index in [0.717, 1.165) is 13.0 Å². The van der Waals surface area contributed by atoms with Crippen molar-refractivity contribution in [2.75, 3.05) is 6.54 Å². The summed E-state index contributed by atoms with van der Waals surface area (Å²) < 4.78 is 11.0. The first-order valence-electron chi connectivity index (χ1n) is 6.47. The average molecular weight is 300 g/mol. The molecule has 0 saturated carbocycles. The molecule has 0 radical (unpaired) electrons. The number of aromatic nitrogens is 2. The monoisotopic (exact) mass is 299 g/mol. The number of hydrogen-bond donors (Lipinski definition) is 1. The van der Waals surface area contributed by atoms with Crippen LogP contribution in [-0.4, -0.2) is 40.5 Å². The second-order valence-electron chi connectivity index (χ2n) is 5.62. The lowest BCUT2D eigenvalue weighted by Gasteiger charge is -2.34. The van der Waals surface area contributed by atoms with Crippen molar-refractivity contribution in [3.8, 4) is 5.88 Å². The number of carbonyl (C=O) groups is 1. The molecule has 1 aromatic rings. The standard InChI is InChI=1S/C13H18ClN3O3/c1-13(2,3)20-12(18)11(8-6-7-15-8)19-10-5-4-9(14)16-17-10/h4-5,8,11,15H,6-7H2,1-3H3/t8-,11?/m0/s1. The minimum atomic E-state index is -0.738. The molecule has 1 fully saturated rings. The van der Waals surface area contributed by atoms with Gasteiger partial charge in [-0.3, -0.25) is 0 Å². The van der Waals surface area contributed by atoms with E-state index in [1.807, 2.05) is 20.8 Å². The molecule has 6 nitrogen and oxygen atoms in total. The van der Waals surface area contributed by atoms with Gasteiger partial charge in [0.2, 0.25) is 12.0 Å². The Morgan fingerprint density at radius 1 is 1.45 bits per heavy atom. The molecule has 1 aliphatic heterocycles. The summed E-state index contributed by atoms with van der Waals surface area (Å²) in [5.74, 6) is -0.162. The summed E-state index contributed by atoms with van der Waals surface area (Å²) >= 11 is 5.67. The van der Waals surface area contributed by atoms with Gasteiger partial charge in [0, 0.05) is 6.07 Å². The number of rotatable bonds is 4. The van der Waals surface area contributed by atoms with Gasteiger partial charge in [-0.05, 0) is 39.8 Å². The van der Waals surface area contributed by atoms with Gasteiger partial charge in [-0.25, -0.2) is 4.79 Å². The predicted molar refractivity (Wildman–Crippen MR) is 73.7 cm³/mol. The maximum absolute atomic E-state index is 12.2. The lowest BCUT2D eigenvalue weighted by Crippen LogP contribution is -2.57. The van der Waals surface area contributed by atoms with Gasteiger partial charge in [-0.1, -0.05) is 11.6 Å². The Morgan fingerprint density at radius 3 is 2.60 bits per heavy atom. The van der Waals surface area contributed by atoms with Gasteiger partial charge < -0.3 is 14.8 Å². The first-order valence-corrected chi connectivity index (χ1v) is 6.85. The van der Waals surface area contributed by atoms with Crippen LogP contribution < -0.4 is 10.1 Å². The zero-order chi connectivity index (χ0) is 14.8. The fraction of sp³-hybridized carbons (Fsp3) is 0.615. The van der Waals surface area contributed by atoms with Crippen LogP contribution in [-0.2, 0) is 9.53 Å². The highest BCUT2D eigenvalue weighted by molar-refractivity contribution is 6.29. The van der Waals surface area contributed by atoms with Crippen LogP contribution in [0.4, 0.5) is 0 Å². The molecule has 0 spiro atoms. The number of esters is 1. The number of nitrogens with one attached hydrogen (secondary N) is 1. The predicted octanol–water partition coefficient (Wildman–Crippen LogP) is 1.58. The van der Waals surface area contributed by atoms with Crippen LogP contribution in [0.1, 0.15) is 27.2 Å². The first kappa shape index (κ1) is 15.0. The molecular formula is C13H18ClN3O3. The summed E-state index contributed by atoms with van der Waals surface area (Å²) in [6.45, 7) is 6.31. The van der Waals surface area contributed by atoms with Gasteiger partial charge in [0.1, 0.15) is 5.60 Å². The molecular weight excluding hydrogens is 282 g/mol. The zero-order valence-corrected chi connectivity index (χ0v) is 12.5. The number of ether oxygens (including phenoxy) is 2. The van der Waals surface area contributed by atoms with Gasteiger partial charge in [0.25, 0.3) is 0 Å². The minimum Gasteiger partial charge on any atom is -0.460 e. The van der Waals surface area contributed by atoms with E-state index in [4.69, 9.17) is 21.1 Å². The number of hydrogen-bond acceptors (Lipinski definition) is 6. The van der Waals surface area contributed by atoms with Crippen LogP contribution in [0.2, 0.25) is 5.15 Å². The summed E-state index contributed by atoms with van der Waals surface area (Å²) in [5.41, 5.74) is -0.561. The molecule has 1 saturated heterocycles. The van der Waals surface area contributed by atoms with Crippen molar-refractivity contribution < 1.29 is 14.3 Å². The van der Waals surface area contributed by atoms with Gasteiger partial charge in [0.15, 0.2) is 5.15 Å². The molecule has 1 aromatic heterocycles. The number of nitrogens with zero attached hydrogens (tertiary/aromatic N) is 2. The summed E-state index contributed by atoms with van der Waals surface area (Å²) in [6, 6.07) is 3.07. The van der Waals surface area contributed by atoms with Gasteiger partial charge in [-0.2, -0.15) is 0 Å². The molecule has 2 rings (SSSR count). The van der Waals surface area contributed by atoms with Crippen molar-refractivity contribution in [2.45, 2.75) is 44.9 Å². The van der Waals surface area contributed by atoms with Gasteiger partial charge in [0.05, 0.1) is 6.04 Å². The maximum Gasteiger partial charge on any atom is 0.349 e. The molecule has 20 heavy (non-hydrogen) atoms. The van der Waals surface area contributed by atoms with Gasteiger partial charge in [-0.15, -0.1) is 10.2 Å². The SMILES string of the molecule is CC(C)(C)OC(=O)C(Oc1ccc(Cl)nn1)[C@@H]1CCN1. The Kier molecular flexibility index (Phi) is 4.45. The highest BCUT2D eigenvalue weighted by Crippen LogP contribution is 2.19. The molecule has 1 unspecified atom stereocenters. The number of halogens is 1. The lowest BCUT2D eigenvalue weighted by atomic mass is 10.0. The van der Waals surface area contributed by atoms with Crippen LogP contribution in [0.25, 0.3) is 0 Å². The Balaban J connectivity index is 2.07. The Bertz CT molecular complexity index is 469. The van der Waals surface area contributed by atoms with Crippen molar-refractivity contribution in [1.82, 2.24) is 15.5 Å². The van der Waals surface area contributed by atoms with Crippen molar-refractivity contribution in [1.29, 1.82) is 0 Å². The summed E-state index contributed by atoms with van der Waals surface area (Å²) in [7, 11) is 0. The Hall–Kier alpha value is -1.40. The van der Waals surface area contributed by atoms with Gasteiger partial charge >= 0.3 is 5.97 Å². The highest BCUT2D eigenvalue weighted by Gasteiger charge is 2.37. The molecule has 0 bridgehead atoms. The lowest BCUT2D eigenvalue weighted by molar-refractivity contribution is -0.166. The summed E-state index contributed by atoms with van der Waals surface area (Å²) in [5, 5.41) is 10.9. The van der Waals surface area contributed by atoms with Crippen molar-refractivity contribution in [3.63, 3.8) is 0 Å². The molecule has 2 atom stereocenters. The molecule has 1 aliphatic rings. The zero-order valence-electron chi connectivity index (χ0n) is 11.7. The van der Waals surface area contributed by atoms with Crippen LogP contribution >= 0.6 is 11.6 Å². The van der Waals surface area contributed by atoms with E-state index >= 15 is 0 Å². The second-order valence-corrected chi connectivity index (χ2v) is 6.00. The minimum absolute atomic E-state index is 0.0673. The van der Waals surface area contributed by atoms with Crippen LogP contribution in [0, 0.1) is 0 Å². The van der Waals surface area contributed by atoms with E-state index in [-0.39, 0.29) is 17.1 Å². The second kappa shape index (κ2) is 5.93. The van der Waals surface area contributed by atoms with Crippen molar-refractivity contribution >= 4 is 17.6 Å². The molecule has 2 heterocycles. The molecule has 7 heteroatoms. The third kappa shape index (κ3) is 4.05. The number of carbonyl (C=O) groups excluding carboxylic acids is 1. The third-order valence-corrected chi connectivity index (χ3v) is 2.92. The largest absolute Gasteiger partial charge is 0.460 e. The van der Waals surface area contributed by atoms with Crippen LogP contribution in [0.3, 0.4) is 0 Å². The van der Waals surface area contributed by atoms with Crippen molar-refractivity contribution in [2.24, 2.45) is 0 Å². The average Bonchev–Trinajstić information content (AvgIpc) is 2.26. The third-order valence-electron chi connectivity index (χ3n) is 2.72. The van der Waals surface area contributed by atoms with E-state index in [2.05, 4.69) is 15.5 Å². The Morgan fingerprint density at radius 2 is 2.15 bits per heavy atom. The smallest absolute Gasteiger partial charge is 0.349 e. The molecule has 0 aromatic carbocycles. The molecule has 0 aliphatic carbocycles. The van der Waals surface area contributed by atoms with Crippen LogP contribution in [0.5, 0.6) is 5.88 Å². The first-order chi connectivity index (χ1) is 9.35. The molecule has 1 N–H and O–H groups in total. The quantitative estimate of drug-likeness (QED) is 0.851. The molecule has 0 amide bonds. The van der Waals surface area contributed by atoms with E-state index in [1.165, 1.54) is 0 Å². The normalized spacial score (nSPS) is 19.9. The highest BCUT2D eigenvalue weighted by atomic mass is 35.5. The summed E-state index contributed by atoms with van der Waals surface area (Å²) in [6.07, 6.45) is 0.115. The van der Waals surface area contributed by atoms with Crippen molar-refractivity contribution in [3.05, 3.63) is 17.3 Å². The van der Waals surface area contributed by atoms with Crippen LogP contribution in [0.15, 0.2) is 12.1 Å². The Labute approximate surface area is 122 Å². The maximum atomic E-state index is 12.2. The van der Waals surface area contributed by atoms with E-state index in [1.54, 1.807) is 12.1 Å². The topological polar surface area (TPSA) is 73.3 Å². The van der Waals surface area contributed by atoms with E-state index in [9.17, 15) is 4.79 Å².